The molecule has 0 atom stereocenters. The Labute approximate surface area is 134 Å². The van der Waals surface area contributed by atoms with E-state index in [-0.39, 0.29) is 18.0 Å². The van der Waals surface area contributed by atoms with Crippen molar-refractivity contribution >= 4 is 11.9 Å². The molecule has 0 aromatic heterocycles. The average Bonchev–Trinajstić information content (AvgIpc) is 2.94. The first-order valence-corrected chi connectivity index (χ1v) is 8.49. The third-order valence-corrected chi connectivity index (χ3v) is 5.64. The van der Waals surface area contributed by atoms with Gasteiger partial charge in [0, 0.05) is 5.41 Å². The van der Waals surface area contributed by atoms with Crippen molar-refractivity contribution in [2.45, 2.75) is 85.7 Å². The Hall–Kier alpha value is -1.06. The zero-order chi connectivity index (χ0) is 17.0. The molecule has 0 unspecified atom stereocenters. The zero-order valence-corrected chi connectivity index (χ0v) is 15.1. The maximum absolute atomic E-state index is 12.1. The fourth-order valence-electron chi connectivity index (χ4n) is 3.32. The molecule has 0 amide bonds. The van der Waals surface area contributed by atoms with Crippen molar-refractivity contribution in [3.05, 3.63) is 0 Å². The molecule has 1 aliphatic carbocycles. The lowest BCUT2D eigenvalue weighted by molar-refractivity contribution is -0.181. The third-order valence-electron chi connectivity index (χ3n) is 5.64. The first kappa shape index (κ1) is 19.0. The number of carbonyl (C=O) groups is 2. The molecular formula is C18H32O4. The van der Waals surface area contributed by atoms with Gasteiger partial charge in [-0.3, -0.25) is 4.79 Å². The number of hydrogen-bond acceptors (Lipinski definition) is 4. The Kier molecular flexibility index (Phi) is 6.05. The second-order valence-corrected chi connectivity index (χ2v) is 7.64. The van der Waals surface area contributed by atoms with Crippen LogP contribution in [0.25, 0.3) is 0 Å². The highest BCUT2D eigenvalue weighted by Crippen LogP contribution is 2.50. The normalized spacial score (nSPS) is 18.1. The minimum atomic E-state index is -0.564. The summed E-state index contributed by atoms with van der Waals surface area (Å²) in [6.45, 7) is 11.4. The standard InChI is InChI=1S/C18H32O4/c1-7-16(3,4)15(20)21-13-14(19)22-17(5,6)18(8-2)11-9-10-12-18/h7-13H2,1-6H3. The summed E-state index contributed by atoms with van der Waals surface area (Å²) in [5, 5.41) is 0. The van der Waals surface area contributed by atoms with Gasteiger partial charge in [0.15, 0.2) is 6.61 Å². The summed E-state index contributed by atoms with van der Waals surface area (Å²) in [6, 6.07) is 0. The predicted molar refractivity (Wildman–Crippen MR) is 86.4 cm³/mol. The molecule has 4 heteroatoms. The van der Waals surface area contributed by atoms with Crippen LogP contribution in [0.2, 0.25) is 0 Å². The van der Waals surface area contributed by atoms with Crippen molar-refractivity contribution in [2.75, 3.05) is 6.61 Å². The SMILES string of the molecule is CCC(C)(C)C(=O)OCC(=O)OC(C)(C)C1(CC)CCCC1. The van der Waals surface area contributed by atoms with E-state index in [4.69, 9.17) is 9.47 Å². The minimum absolute atomic E-state index is 0.0510. The topological polar surface area (TPSA) is 52.6 Å². The molecule has 4 nitrogen and oxygen atoms in total. The molecule has 0 aliphatic heterocycles. The molecule has 0 N–H and O–H groups in total. The van der Waals surface area contributed by atoms with E-state index in [1.165, 1.54) is 12.8 Å². The van der Waals surface area contributed by atoms with Crippen LogP contribution in [0.1, 0.15) is 80.1 Å². The highest BCUT2D eigenvalue weighted by Gasteiger charge is 2.48. The van der Waals surface area contributed by atoms with Crippen molar-refractivity contribution in [1.82, 2.24) is 0 Å². The van der Waals surface area contributed by atoms with Gasteiger partial charge in [-0.05, 0) is 53.4 Å². The Balaban J connectivity index is 2.59. The Morgan fingerprint density at radius 3 is 2.05 bits per heavy atom. The largest absolute Gasteiger partial charge is 0.457 e. The second kappa shape index (κ2) is 7.01. The molecule has 1 fully saturated rings. The lowest BCUT2D eigenvalue weighted by atomic mass is 9.70. The number of rotatable bonds is 7. The minimum Gasteiger partial charge on any atom is -0.457 e. The molecule has 1 saturated carbocycles. The highest BCUT2D eigenvalue weighted by molar-refractivity contribution is 5.79. The molecule has 0 spiro atoms. The van der Waals surface area contributed by atoms with Crippen LogP contribution in [0.15, 0.2) is 0 Å². The molecule has 0 aromatic carbocycles. The second-order valence-electron chi connectivity index (χ2n) is 7.64. The van der Waals surface area contributed by atoms with E-state index < -0.39 is 17.0 Å². The van der Waals surface area contributed by atoms with Gasteiger partial charge >= 0.3 is 11.9 Å². The van der Waals surface area contributed by atoms with E-state index in [0.717, 1.165) is 19.3 Å². The molecule has 1 aliphatic rings. The van der Waals surface area contributed by atoms with Crippen LogP contribution in [0, 0.1) is 10.8 Å². The molecule has 0 radical (unpaired) electrons. The van der Waals surface area contributed by atoms with Crippen molar-refractivity contribution < 1.29 is 19.1 Å². The lowest BCUT2D eigenvalue weighted by Gasteiger charge is -2.43. The summed E-state index contributed by atoms with van der Waals surface area (Å²) in [4.78, 5) is 24.0. The van der Waals surface area contributed by atoms with Gasteiger partial charge in [-0.1, -0.05) is 26.7 Å². The van der Waals surface area contributed by atoms with Crippen LogP contribution >= 0.6 is 0 Å². The van der Waals surface area contributed by atoms with Crippen molar-refractivity contribution in [2.24, 2.45) is 10.8 Å². The van der Waals surface area contributed by atoms with Gasteiger partial charge in [-0.15, -0.1) is 0 Å². The monoisotopic (exact) mass is 312 g/mol. The van der Waals surface area contributed by atoms with Gasteiger partial charge in [0.05, 0.1) is 5.41 Å². The van der Waals surface area contributed by atoms with Crippen LogP contribution < -0.4 is 0 Å². The summed E-state index contributed by atoms with van der Waals surface area (Å²) in [7, 11) is 0. The first-order chi connectivity index (χ1) is 10.1. The van der Waals surface area contributed by atoms with Crippen LogP contribution in [-0.2, 0) is 19.1 Å². The Morgan fingerprint density at radius 2 is 1.59 bits per heavy atom. The summed E-state index contributed by atoms with van der Waals surface area (Å²) < 4.78 is 10.8. The van der Waals surface area contributed by atoms with Crippen molar-refractivity contribution in [3.63, 3.8) is 0 Å². The van der Waals surface area contributed by atoms with E-state index in [2.05, 4.69) is 6.92 Å². The fraction of sp³-hybridized carbons (Fsp3) is 0.889. The zero-order valence-electron chi connectivity index (χ0n) is 15.1. The first-order valence-electron chi connectivity index (χ1n) is 8.49. The van der Waals surface area contributed by atoms with Crippen LogP contribution in [-0.4, -0.2) is 24.1 Å². The number of carbonyl (C=O) groups excluding carboxylic acids is 2. The van der Waals surface area contributed by atoms with E-state index in [1.807, 2.05) is 34.6 Å². The number of ether oxygens (including phenoxy) is 2. The molecular weight excluding hydrogens is 280 g/mol. The number of hydrogen-bond donors (Lipinski definition) is 0. The van der Waals surface area contributed by atoms with Gasteiger partial charge in [-0.25, -0.2) is 4.79 Å². The van der Waals surface area contributed by atoms with Crippen LogP contribution in [0.4, 0.5) is 0 Å². The Morgan fingerprint density at radius 1 is 1.05 bits per heavy atom. The van der Waals surface area contributed by atoms with Gasteiger partial charge in [0.1, 0.15) is 5.60 Å². The summed E-state index contributed by atoms with van der Waals surface area (Å²) >= 11 is 0. The van der Waals surface area contributed by atoms with Gasteiger partial charge in [-0.2, -0.15) is 0 Å². The fourth-order valence-corrected chi connectivity index (χ4v) is 3.32. The van der Waals surface area contributed by atoms with E-state index in [0.29, 0.717) is 6.42 Å². The van der Waals surface area contributed by atoms with Crippen LogP contribution in [0.3, 0.4) is 0 Å². The molecule has 0 saturated heterocycles. The molecule has 22 heavy (non-hydrogen) atoms. The molecule has 0 heterocycles. The quantitative estimate of drug-likeness (QED) is 0.659. The maximum atomic E-state index is 12.1. The summed E-state index contributed by atoms with van der Waals surface area (Å²) in [5.41, 5.74) is -1.04. The van der Waals surface area contributed by atoms with Gasteiger partial charge in [0.25, 0.3) is 0 Å². The van der Waals surface area contributed by atoms with Crippen molar-refractivity contribution in [3.8, 4) is 0 Å². The third kappa shape index (κ3) is 4.02. The molecule has 0 bridgehead atoms. The predicted octanol–water partition coefficient (Wildman–Crippen LogP) is 4.26. The lowest BCUT2D eigenvalue weighted by Crippen LogP contribution is -2.46. The van der Waals surface area contributed by atoms with E-state index in [1.54, 1.807) is 0 Å². The van der Waals surface area contributed by atoms with E-state index in [9.17, 15) is 9.59 Å². The smallest absolute Gasteiger partial charge is 0.344 e. The molecule has 0 aromatic rings. The van der Waals surface area contributed by atoms with Gasteiger partial charge in [0.2, 0.25) is 0 Å². The average molecular weight is 312 g/mol. The summed E-state index contributed by atoms with van der Waals surface area (Å²) in [5.74, 6) is -0.805. The van der Waals surface area contributed by atoms with Gasteiger partial charge < -0.3 is 9.47 Å². The van der Waals surface area contributed by atoms with Crippen molar-refractivity contribution in [1.29, 1.82) is 0 Å². The molecule has 1 rings (SSSR count). The molecule has 128 valence electrons. The highest BCUT2D eigenvalue weighted by atomic mass is 16.6. The van der Waals surface area contributed by atoms with Crippen LogP contribution in [0.5, 0.6) is 0 Å². The summed E-state index contributed by atoms with van der Waals surface area (Å²) in [6.07, 6.45) is 6.23. The van der Waals surface area contributed by atoms with E-state index >= 15 is 0 Å². The Bertz CT molecular complexity index is 403. The maximum Gasteiger partial charge on any atom is 0.344 e. The number of esters is 2.